The maximum atomic E-state index is 3.70. The van der Waals surface area contributed by atoms with Gasteiger partial charge in [-0.2, -0.15) is 0 Å². The molecule has 110 valence electrons. The molecule has 0 aliphatic heterocycles. The zero-order valence-electron chi connectivity index (χ0n) is 12.4. The molecule has 0 bridgehead atoms. The van der Waals surface area contributed by atoms with Crippen LogP contribution in [-0.4, -0.2) is 37.1 Å². The van der Waals surface area contributed by atoms with Crippen LogP contribution in [0.3, 0.4) is 0 Å². The smallest absolute Gasteiger partial charge is 0.0314 e. The van der Waals surface area contributed by atoms with E-state index >= 15 is 0 Å². The van der Waals surface area contributed by atoms with E-state index in [1.165, 1.54) is 28.7 Å². The largest absolute Gasteiger partial charge is 0.314 e. The molecule has 0 aromatic carbocycles. The van der Waals surface area contributed by atoms with E-state index in [4.69, 9.17) is 0 Å². The van der Waals surface area contributed by atoms with E-state index in [1.807, 2.05) is 11.3 Å². The number of nitrogens with zero attached hydrogens (tertiary/aromatic N) is 1. The Morgan fingerprint density at radius 2 is 2.05 bits per heavy atom. The first-order valence-corrected chi connectivity index (χ1v) is 9.06. The topological polar surface area (TPSA) is 15.3 Å². The fourth-order valence-corrected chi connectivity index (χ4v) is 3.79. The fourth-order valence-electron chi connectivity index (χ4n) is 2.20. The molecule has 0 amide bonds. The summed E-state index contributed by atoms with van der Waals surface area (Å²) in [5, 5.41) is 5.86. The lowest BCUT2D eigenvalue weighted by atomic mass is 10.1. The maximum absolute atomic E-state index is 3.70. The van der Waals surface area contributed by atoms with Gasteiger partial charge in [-0.1, -0.05) is 20.8 Å². The molecule has 0 saturated carbocycles. The zero-order chi connectivity index (χ0) is 14.1. The molecule has 0 aliphatic carbocycles. The summed E-state index contributed by atoms with van der Waals surface area (Å²) < 4.78 is 1.27. The van der Waals surface area contributed by atoms with E-state index in [-0.39, 0.29) is 0 Å². The Morgan fingerprint density at radius 1 is 1.32 bits per heavy atom. The number of halogens is 1. The highest BCUT2D eigenvalue weighted by Gasteiger charge is 2.13. The summed E-state index contributed by atoms with van der Waals surface area (Å²) in [5.74, 6) is 0. The Kier molecular flexibility index (Phi) is 8.95. The van der Waals surface area contributed by atoms with E-state index in [0.29, 0.717) is 6.04 Å². The van der Waals surface area contributed by atoms with Gasteiger partial charge in [0.25, 0.3) is 0 Å². The Hall–Kier alpha value is 0.100. The monoisotopic (exact) mass is 346 g/mol. The molecule has 0 radical (unpaired) electrons. The summed E-state index contributed by atoms with van der Waals surface area (Å²) in [4.78, 5) is 3.97. The van der Waals surface area contributed by atoms with Crippen LogP contribution in [0.4, 0.5) is 0 Å². The first kappa shape index (κ1) is 17.2. The molecule has 1 aromatic heterocycles. The lowest BCUT2D eigenvalue weighted by Gasteiger charge is -2.23. The Morgan fingerprint density at radius 3 is 2.58 bits per heavy atom. The summed E-state index contributed by atoms with van der Waals surface area (Å²) in [6.45, 7) is 11.3. The highest BCUT2D eigenvalue weighted by Crippen LogP contribution is 2.24. The van der Waals surface area contributed by atoms with Gasteiger partial charge in [0.2, 0.25) is 0 Å². The standard InChI is InChI=1S/C15H27BrN2S/c1-4-9-17-13(7-10-18(5-2)6-3)12-15-14(16)8-11-19-15/h8,11,13,17H,4-7,9-10,12H2,1-3H3. The molecule has 4 heteroatoms. The Labute approximate surface area is 130 Å². The molecular weight excluding hydrogens is 320 g/mol. The Balaban J connectivity index is 2.49. The Bertz CT molecular complexity index is 337. The molecule has 1 atom stereocenters. The summed E-state index contributed by atoms with van der Waals surface area (Å²) >= 11 is 5.50. The van der Waals surface area contributed by atoms with Gasteiger partial charge in [-0.3, -0.25) is 0 Å². The quantitative estimate of drug-likeness (QED) is 0.684. The van der Waals surface area contributed by atoms with Gasteiger partial charge in [0.1, 0.15) is 0 Å². The predicted molar refractivity (Wildman–Crippen MR) is 90.2 cm³/mol. The van der Waals surface area contributed by atoms with Gasteiger partial charge >= 0.3 is 0 Å². The molecule has 1 unspecified atom stereocenters. The molecule has 1 aromatic rings. The van der Waals surface area contributed by atoms with Gasteiger partial charge in [-0.05, 0) is 72.8 Å². The lowest BCUT2D eigenvalue weighted by Crippen LogP contribution is -2.36. The lowest BCUT2D eigenvalue weighted by molar-refractivity contribution is 0.280. The molecule has 0 fully saturated rings. The van der Waals surface area contributed by atoms with Crippen LogP contribution in [0.25, 0.3) is 0 Å². The maximum Gasteiger partial charge on any atom is 0.0314 e. The second-order valence-corrected chi connectivity index (χ2v) is 6.72. The number of rotatable bonds is 10. The van der Waals surface area contributed by atoms with Crippen molar-refractivity contribution in [1.82, 2.24) is 10.2 Å². The van der Waals surface area contributed by atoms with E-state index in [0.717, 1.165) is 26.1 Å². The molecular formula is C15H27BrN2S. The molecule has 2 nitrogen and oxygen atoms in total. The van der Waals surface area contributed by atoms with Crippen molar-refractivity contribution in [2.75, 3.05) is 26.2 Å². The van der Waals surface area contributed by atoms with Crippen LogP contribution in [0, 0.1) is 0 Å². The second-order valence-electron chi connectivity index (χ2n) is 4.86. The minimum absolute atomic E-state index is 0.593. The van der Waals surface area contributed by atoms with Gasteiger partial charge in [0, 0.05) is 15.4 Å². The molecule has 19 heavy (non-hydrogen) atoms. The van der Waals surface area contributed by atoms with Crippen molar-refractivity contribution >= 4 is 27.3 Å². The predicted octanol–water partition coefficient (Wildman–Crippen LogP) is 4.15. The van der Waals surface area contributed by atoms with Crippen molar-refractivity contribution in [1.29, 1.82) is 0 Å². The van der Waals surface area contributed by atoms with Crippen molar-refractivity contribution in [3.8, 4) is 0 Å². The molecule has 1 heterocycles. The van der Waals surface area contributed by atoms with Crippen LogP contribution in [0.5, 0.6) is 0 Å². The first-order valence-electron chi connectivity index (χ1n) is 7.38. The molecule has 0 aliphatic rings. The number of thiophene rings is 1. The van der Waals surface area contributed by atoms with Gasteiger partial charge in [-0.25, -0.2) is 0 Å². The van der Waals surface area contributed by atoms with Crippen molar-refractivity contribution in [3.05, 3.63) is 20.8 Å². The van der Waals surface area contributed by atoms with Crippen molar-refractivity contribution in [3.63, 3.8) is 0 Å². The van der Waals surface area contributed by atoms with Gasteiger partial charge in [0.05, 0.1) is 0 Å². The van der Waals surface area contributed by atoms with Crippen molar-refractivity contribution in [2.24, 2.45) is 0 Å². The van der Waals surface area contributed by atoms with Gasteiger partial charge in [0.15, 0.2) is 0 Å². The van der Waals surface area contributed by atoms with Crippen molar-refractivity contribution in [2.45, 2.75) is 46.1 Å². The van der Waals surface area contributed by atoms with Crippen LogP contribution < -0.4 is 5.32 Å². The van der Waals surface area contributed by atoms with Crippen LogP contribution in [0.15, 0.2) is 15.9 Å². The van der Waals surface area contributed by atoms with Crippen molar-refractivity contribution < 1.29 is 0 Å². The third-order valence-electron chi connectivity index (χ3n) is 3.49. The number of hydrogen-bond donors (Lipinski definition) is 1. The van der Waals surface area contributed by atoms with Crippen LogP contribution in [0.2, 0.25) is 0 Å². The molecule has 0 saturated heterocycles. The minimum atomic E-state index is 0.593. The average molecular weight is 347 g/mol. The van der Waals surface area contributed by atoms with Crippen LogP contribution in [-0.2, 0) is 6.42 Å². The third-order valence-corrected chi connectivity index (χ3v) is 5.44. The number of nitrogens with one attached hydrogen (secondary N) is 1. The normalized spacial score (nSPS) is 13.1. The summed E-state index contributed by atoms with van der Waals surface area (Å²) in [7, 11) is 0. The second kappa shape index (κ2) is 9.92. The third kappa shape index (κ3) is 6.39. The van der Waals surface area contributed by atoms with E-state index < -0.39 is 0 Å². The molecule has 1 rings (SSSR count). The fraction of sp³-hybridized carbons (Fsp3) is 0.733. The summed E-state index contributed by atoms with van der Waals surface area (Å²) in [6.07, 6.45) is 3.57. The molecule has 0 spiro atoms. The first-order chi connectivity index (χ1) is 9.21. The SMILES string of the molecule is CCCNC(CCN(CC)CC)Cc1sccc1Br. The van der Waals surface area contributed by atoms with E-state index in [2.05, 4.69) is 58.4 Å². The highest BCUT2D eigenvalue weighted by molar-refractivity contribution is 9.10. The highest BCUT2D eigenvalue weighted by atomic mass is 79.9. The average Bonchev–Trinajstić information content (AvgIpc) is 2.82. The van der Waals surface area contributed by atoms with Crippen LogP contribution in [0.1, 0.15) is 38.5 Å². The van der Waals surface area contributed by atoms with Gasteiger partial charge < -0.3 is 10.2 Å². The van der Waals surface area contributed by atoms with E-state index in [1.54, 1.807) is 0 Å². The van der Waals surface area contributed by atoms with E-state index in [9.17, 15) is 0 Å². The number of hydrogen-bond acceptors (Lipinski definition) is 3. The molecule has 1 N–H and O–H groups in total. The summed E-state index contributed by atoms with van der Waals surface area (Å²) in [5.41, 5.74) is 0. The zero-order valence-corrected chi connectivity index (χ0v) is 14.8. The summed E-state index contributed by atoms with van der Waals surface area (Å²) in [6, 6.07) is 2.75. The minimum Gasteiger partial charge on any atom is -0.314 e. The van der Waals surface area contributed by atoms with Gasteiger partial charge in [-0.15, -0.1) is 11.3 Å². The van der Waals surface area contributed by atoms with Crippen LogP contribution >= 0.6 is 27.3 Å².